The van der Waals surface area contributed by atoms with E-state index in [-0.39, 0.29) is 107 Å². The summed E-state index contributed by atoms with van der Waals surface area (Å²) in [5.41, 5.74) is -5.55. The molecule has 15 atom stereocenters. The molecule has 0 N–H and O–H groups in total. The van der Waals surface area contributed by atoms with Gasteiger partial charge in [-0.15, -0.1) is 0 Å². The standard InChI is InChI=1S/C18H28O4.3C16H24O4.C14H22O4/c1-6-15(2,3)14(20)22-18-8-12-7-16(4,10-18)9-17(5,11-18)21-13(12)19;1-4-15(2,3)13(17)20-16-8-10-5-11(9-16)7-12(6-10)19-14(16)18;1-4-15(2,3)14(18)20-16-8-10-5-11(9-16)7-12(6-10)13(17)19-16;1-4-15(2,3)14(18)20-16-7-10-5-11(8-16)13(17)19-12(6-10)9-16;1-5-13(2,3)12(16)17-10-8-9-6-7-14(10,4)18-11(9)15/h12H,6-11H2,1-5H3;3*10-12H,4-9H2,1-3H3;9-10H,5-8H2,1-4H3. The van der Waals surface area contributed by atoms with Gasteiger partial charge in [-0.05, 0) is 240 Å². The summed E-state index contributed by atoms with van der Waals surface area (Å²) in [7, 11) is 0. The van der Waals surface area contributed by atoms with Crippen molar-refractivity contribution in [2.75, 3.05) is 0 Å². The molecule has 0 aromatic carbocycles. The molecule has 562 valence electrons. The van der Waals surface area contributed by atoms with E-state index in [1.807, 2.05) is 118 Å². The van der Waals surface area contributed by atoms with Crippen LogP contribution in [0, 0.1) is 85.8 Å². The maximum atomic E-state index is 12.6. The lowest BCUT2D eigenvalue weighted by Crippen LogP contribution is -2.57. The summed E-state index contributed by atoms with van der Waals surface area (Å²) >= 11 is 0. The molecule has 20 nitrogen and oxygen atoms in total. The fraction of sp³-hybridized carbons (Fsp3) is 0.875. The van der Waals surface area contributed by atoms with E-state index in [1.165, 1.54) is 0 Å². The van der Waals surface area contributed by atoms with Gasteiger partial charge in [-0.2, -0.15) is 0 Å². The topological polar surface area (TPSA) is 263 Å². The second-order valence-electron chi connectivity index (χ2n) is 38.0. The summed E-state index contributed by atoms with van der Waals surface area (Å²) in [4.78, 5) is 122. The Balaban J connectivity index is 0.000000135. The fourth-order valence-electron chi connectivity index (χ4n) is 19.5. The first kappa shape index (κ1) is 77.3. The van der Waals surface area contributed by atoms with Gasteiger partial charge in [0.05, 0.1) is 50.7 Å². The highest BCUT2D eigenvalue weighted by atomic mass is 16.7. The highest BCUT2D eigenvalue weighted by Crippen LogP contribution is 2.62. The van der Waals surface area contributed by atoms with Gasteiger partial charge in [0.1, 0.15) is 40.7 Å². The van der Waals surface area contributed by atoms with Gasteiger partial charge in [-0.25, -0.2) is 4.79 Å². The molecule has 0 radical (unpaired) electrons. The number of hydrogen-bond donors (Lipinski definition) is 0. The van der Waals surface area contributed by atoms with Crippen LogP contribution in [0.25, 0.3) is 0 Å². The van der Waals surface area contributed by atoms with E-state index in [2.05, 4.69) is 6.92 Å². The molecule has 19 fully saturated rings. The van der Waals surface area contributed by atoms with Crippen LogP contribution in [-0.2, 0) is 95.3 Å². The molecule has 10 aliphatic heterocycles. The third-order valence-electron chi connectivity index (χ3n) is 26.9. The summed E-state index contributed by atoms with van der Waals surface area (Å²) in [6.07, 6.45) is 22.3. The largest absolute Gasteiger partial charge is 0.462 e. The number of esters is 10. The predicted molar refractivity (Wildman–Crippen MR) is 366 cm³/mol. The van der Waals surface area contributed by atoms with Crippen LogP contribution < -0.4 is 0 Å². The molecular formula is C80H122O20. The van der Waals surface area contributed by atoms with E-state index in [4.69, 9.17) is 47.4 Å². The Bertz CT molecular complexity index is 3150. The zero-order valence-electron chi connectivity index (χ0n) is 63.9. The first-order valence-corrected chi connectivity index (χ1v) is 38.6. The van der Waals surface area contributed by atoms with Crippen molar-refractivity contribution in [2.24, 2.45) is 85.8 Å². The number of carbonyl (C=O) groups is 10. The van der Waals surface area contributed by atoms with E-state index in [0.29, 0.717) is 100 Å². The van der Waals surface area contributed by atoms with E-state index >= 15 is 0 Å². The minimum Gasteiger partial charge on any atom is -0.462 e. The van der Waals surface area contributed by atoms with E-state index in [0.717, 1.165) is 109 Å². The average Bonchev–Trinajstić information content (AvgIpc) is 1.48. The van der Waals surface area contributed by atoms with Crippen molar-refractivity contribution in [1.29, 1.82) is 0 Å². The van der Waals surface area contributed by atoms with Crippen LogP contribution in [0.15, 0.2) is 0 Å². The van der Waals surface area contributed by atoms with Gasteiger partial charge >= 0.3 is 59.7 Å². The van der Waals surface area contributed by atoms with Gasteiger partial charge in [0.25, 0.3) is 5.79 Å². The molecule has 100 heavy (non-hydrogen) atoms. The third-order valence-corrected chi connectivity index (χ3v) is 26.9. The number of carbonyl (C=O) groups excluding carboxylic acids is 10. The first-order valence-electron chi connectivity index (χ1n) is 38.6. The van der Waals surface area contributed by atoms with Crippen molar-refractivity contribution in [3.8, 4) is 0 Å². The quantitative estimate of drug-likeness (QED) is 0.109. The van der Waals surface area contributed by atoms with Crippen molar-refractivity contribution in [3.63, 3.8) is 0 Å². The smallest absolute Gasteiger partial charge is 0.350 e. The zero-order valence-corrected chi connectivity index (χ0v) is 63.9. The molecular weight excluding hydrogens is 1280 g/mol. The normalized spacial score (nSPS) is 39.6. The molecule has 9 aliphatic carbocycles. The minimum absolute atomic E-state index is 0.0265. The van der Waals surface area contributed by atoms with Gasteiger partial charge in [0.2, 0.25) is 5.60 Å². The molecule has 20 heteroatoms. The number of rotatable bonds is 15. The zero-order chi connectivity index (χ0) is 73.6. The molecule has 18 bridgehead atoms. The second kappa shape index (κ2) is 27.6. The Morgan fingerprint density at radius 1 is 0.400 bits per heavy atom. The van der Waals surface area contributed by atoms with E-state index in [1.54, 1.807) is 0 Å². The van der Waals surface area contributed by atoms with Gasteiger partial charge in [-0.3, -0.25) is 43.2 Å². The molecule has 0 aromatic heterocycles. The Kier molecular flexibility index (Phi) is 21.4. The van der Waals surface area contributed by atoms with E-state index in [9.17, 15) is 47.9 Å². The van der Waals surface area contributed by atoms with Crippen LogP contribution in [0.5, 0.6) is 0 Å². The Hall–Kier alpha value is -5.30. The monoisotopic (exact) mass is 1400 g/mol. The molecule has 0 aromatic rings. The van der Waals surface area contributed by atoms with Crippen LogP contribution in [0.4, 0.5) is 0 Å². The Labute approximate surface area is 594 Å². The third kappa shape index (κ3) is 16.1. The summed E-state index contributed by atoms with van der Waals surface area (Å²) < 4.78 is 57.2. The fourth-order valence-corrected chi connectivity index (χ4v) is 19.5. The molecule has 10 saturated heterocycles. The molecule has 9 saturated carbocycles. The molecule has 19 rings (SSSR count). The van der Waals surface area contributed by atoms with Crippen LogP contribution in [0.1, 0.15) is 304 Å². The molecule has 10 heterocycles. The number of ether oxygens (including phenoxy) is 10. The first-order chi connectivity index (χ1) is 46.3. The second-order valence-corrected chi connectivity index (χ2v) is 38.0. The predicted octanol–water partition coefficient (Wildman–Crippen LogP) is 14.8. The highest BCUT2D eigenvalue weighted by molar-refractivity contribution is 5.86. The minimum atomic E-state index is -0.998. The van der Waals surface area contributed by atoms with Gasteiger partial charge in [0.15, 0.2) is 0 Å². The van der Waals surface area contributed by atoms with E-state index < -0.39 is 60.9 Å². The summed E-state index contributed by atoms with van der Waals surface area (Å²) in [6, 6.07) is 0. The summed E-state index contributed by atoms with van der Waals surface area (Å²) in [5.74, 6) is -0.625. The lowest BCUT2D eigenvalue weighted by molar-refractivity contribution is -0.246. The molecule has 0 spiro atoms. The lowest BCUT2D eigenvalue weighted by Gasteiger charge is -2.54. The van der Waals surface area contributed by atoms with Crippen molar-refractivity contribution in [1.82, 2.24) is 0 Å². The number of fused-ring (bicyclic) bond motifs is 7. The molecule has 0 amide bonds. The van der Waals surface area contributed by atoms with Crippen molar-refractivity contribution < 1.29 is 95.3 Å². The van der Waals surface area contributed by atoms with Crippen molar-refractivity contribution in [3.05, 3.63) is 0 Å². The summed E-state index contributed by atoms with van der Waals surface area (Å²) in [6.45, 7) is 34.9. The van der Waals surface area contributed by atoms with Gasteiger partial charge < -0.3 is 47.4 Å². The average molecular weight is 1400 g/mol. The SMILES string of the molecule is CCC(C)(C)C(=O)OC12CC3CC(C)(CC(C)(C1)OC3=O)C2.CCC(C)(C)C(=O)OC12CC3CC(C1)OC(=O)C(C3)C2.CCC(C)(C)C(=O)OC12CC3CC(CC(C3)C(=O)O1)C2.CCC(C)(C)C(=O)OC12CC3CC(CC(C3)OC1=O)C2.CCC(C)(C)C(=O)OC1CC2CCC1(C)OC2=O. The van der Waals surface area contributed by atoms with Crippen LogP contribution in [-0.4, -0.2) is 112 Å². The molecule has 15 unspecified atom stereocenters. The molecule has 19 aliphatic rings. The van der Waals surface area contributed by atoms with Gasteiger partial charge in [-0.1, -0.05) is 41.5 Å². The maximum absolute atomic E-state index is 12.6. The van der Waals surface area contributed by atoms with Crippen LogP contribution >= 0.6 is 0 Å². The van der Waals surface area contributed by atoms with Crippen molar-refractivity contribution >= 4 is 59.7 Å². The highest BCUT2D eigenvalue weighted by Gasteiger charge is 2.65. The van der Waals surface area contributed by atoms with Gasteiger partial charge in [0, 0.05) is 57.8 Å². The number of hydrogen-bond acceptors (Lipinski definition) is 20. The van der Waals surface area contributed by atoms with Crippen LogP contribution in [0.3, 0.4) is 0 Å². The Morgan fingerprint density at radius 3 is 1.40 bits per heavy atom. The lowest BCUT2D eigenvalue weighted by atomic mass is 9.55. The van der Waals surface area contributed by atoms with Crippen molar-refractivity contribution in [2.45, 2.75) is 357 Å². The maximum Gasteiger partial charge on any atom is 0.350 e. The Morgan fingerprint density at radius 2 is 0.860 bits per heavy atom. The van der Waals surface area contributed by atoms with Crippen LogP contribution in [0.2, 0.25) is 0 Å². The summed E-state index contributed by atoms with van der Waals surface area (Å²) in [5, 5.41) is 0.